The molecule has 1 heterocycles. The van der Waals surface area contributed by atoms with Crippen molar-refractivity contribution < 1.29 is 0 Å². The summed E-state index contributed by atoms with van der Waals surface area (Å²) in [5.74, 6) is 1.57. The average molecular weight is 251 g/mol. The zero-order valence-electron chi connectivity index (χ0n) is 11.6. The molecule has 18 heavy (non-hydrogen) atoms. The lowest BCUT2D eigenvalue weighted by Crippen LogP contribution is -2.37. The van der Waals surface area contributed by atoms with Crippen molar-refractivity contribution in [2.45, 2.75) is 57.9 Å². The van der Waals surface area contributed by atoms with E-state index < -0.39 is 0 Å². The molecule has 1 aromatic rings. The molecule has 5 heteroatoms. The maximum atomic E-state index is 4.32. The highest BCUT2D eigenvalue weighted by atomic mass is 15.6. The number of hydrogen-bond donors (Lipinski definition) is 1. The average Bonchev–Trinajstić information content (AvgIpc) is 2.64. The SMILES string of the molecule is CCCNC1CCCCCC1Cc1nnn(C)n1. The van der Waals surface area contributed by atoms with E-state index in [1.54, 1.807) is 4.80 Å². The number of tetrazole rings is 1. The van der Waals surface area contributed by atoms with Gasteiger partial charge >= 0.3 is 0 Å². The Kier molecular flexibility index (Phi) is 5.11. The molecule has 0 saturated heterocycles. The Morgan fingerprint density at radius 1 is 1.28 bits per heavy atom. The van der Waals surface area contributed by atoms with Crippen molar-refractivity contribution in [1.29, 1.82) is 0 Å². The summed E-state index contributed by atoms with van der Waals surface area (Å²) in [4.78, 5) is 1.56. The Morgan fingerprint density at radius 3 is 2.83 bits per heavy atom. The fraction of sp³-hybridized carbons (Fsp3) is 0.923. The van der Waals surface area contributed by atoms with Gasteiger partial charge in [0.1, 0.15) is 0 Å². The maximum absolute atomic E-state index is 4.32. The fourth-order valence-corrected chi connectivity index (χ4v) is 2.87. The van der Waals surface area contributed by atoms with Crippen LogP contribution >= 0.6 is 0 Å². The molecule has 0 aliphatic heterocycles. The Morgan fingerprint density at radius 2 is 2.11 bits per heavy atom. The second-order valence-corrected chi connectivity index (χ2v) is 5.36. The molecule has 102 valence electrons. The predicted molar refractivity (Wildman–Crippen MR) is 71.2 cm³/mol. The van der Waals surface area contributed by atoms with Gasteiger partial charge in [-0.1, -0.05) is 26.2 Å². The highest BCUT2D eigenvalue weighted by Crippen LogP contribution is 2.25. The third-order valence-electron chi connectivity index (χ3n) is 3.81. The van der Waals surface area contributed by atoms with E-state index in [4.69, 9.17) is 0 Å². The van der Waals surface area contributed by atoms with E-state index in [1.165, 1.54) is 38.5 Å². The smallest absolute Gasteiger partial charge is 0.175 e. The van der Waals surface area contributed by atoms with Gasteiger partial charge in [0.25, 0.3) is 0 Å². The molecule has 1 saturated carbocycles. The largest absolute Gasteiger partial charge is 0.314 e. The highest BCUT2D eigenvalue weighted by molar-refractivity contribution is 4.88. The van der Waals surface area contributed by atoms with Gasteiger partial charge in [0.15, 0.2) is 5.82 Å². The molecule has 1 aliphatic carbocycles. The topological polar surface area (TPSA) is 55.6 Å². The van der Waals surface area contributed by atoms with Gasteiger partial charge in [-0.3, -0.25) is 0 Å². The van der Waals surface area contributed by atoms with Crippen LogP contribution in [0.5, 0.6) is 0 Å². The molecule has 1 aliphatic rings. The van der Waals surface area contributed by atoms with E-state index >= 15 is 0 Å². The minimum absolute atomic E-state index is 0.635. The first-order valence-corrected chi connectivity index (χ1v) is 7.26. The number of nitrogens with zero attached hydrogens (tertiary/aromatic N) is 4. The zero-order chi connectivity index (χ0) is 12.8. The standard InChI is InChI=1S/C13H25N5/c1-3-9-14-12-8-6-4-5-7-11(12)10-13-15-17-18(2)16-13/h11-12,14H,3-10H2,1-2H3. The van der Waals surface area contributed by atoms with Gasteiger partial charge in [-0.05, 0) is 36.9 Å². The summed E-state index contributed by atoms with van der Waals surface area (Å²) in [7, 11) is 1.83. The Hall–Kier alpha value is -0.970. The van der Waals surface area contributed by atoms with E-state index in [0.29, 0.717) is 12.0 Å². The van der Waals surface area contributed by atoms with Crippen molar-refractivity contribution >= 4 is 0 Å². The van der Waals surface area contributed by atoms with Crippen LogP contribution in [0.25, 0.3) is 0 Å². The first-order chi connectivity index (χ1) is 8.79. The maximum Gasteiger partial charge on any atom is 0.175 e. The Labute approximate surface area is 109 Å². The highest BCUT2D eigenvalue weighted by Gasteiger charge is 2.24. The van der Waals surface area contributed by atoms with Crippen LogP contribution in [-0.4, -0.2) is 32.8 Å². The van der Waals surface area contributed by atoms with Gasteiger partial charge in [-0.15, -0.1) is 10.2 Å². The molecule has 2 atom stereocenters. The Balaban J connectivity index is 1.96. The van der Waals surface area contributed by atoms with Crippen LogP contribution < -0.4 is 5.32 Å². The van der Waals surface area contributed by atoms with Gasteiger partial charge in [-0.25, -0.2) is 0 Å². The monoisotopic (exact) mass is 251 g/mol. The molecular weight excluding hydrogens is 226 g/mol. The number of aromatic nitrogens is 4. The van der Waals surface area contributed by atoms with Crippen molar-refractivity contribution in [2.24, 2.45) is 13.0 Å². The minimum Gasteiger partial charge on any atom is -0.314 e. The van der Waals surface area contributed by atoms with Crippen molar-refractivity contribution in [3.63, 3.8) is 0 Å². The summed E-state index contributed by atoms with van der Waals surface area (Å²) in [5.41, 5.74) is 0. The molecule has 0 bridgehead atoms. The van der Waals surface area contributed by atoms with Gasteiger partial charge in [-0.2, -0.15) is 4.80 Å². The van der Waals surface area contributed by atoms with E-state index in [0.717, 1.165) is 18.8 Å². The van der Waals surface area contributed by atoms with Gasteiger partial charge < -0.3 is 5.32 Å². The molecule has 2 rings (SSSR count). The number of rotatable bonds is 5. The molecule has 0 spiro atoms. The lowest BCUT2D eigenvalue weighted by atomic mass is 9.91. The summed E-state index contributed by atoms with van der Waals surface area (Å²) in [6.45, 7) is 3.35. The molecule has 1 fully saturated rings. The van der Waals surface area contributed by atoms with Crippen LogP contribution in [-0.2, 0) is 13.5 Å². The van der Waals surface area contributed by atoms with E-state index in [2.05, 4.69) is 27.7 Å². The number of aryl methyl sites for hydroxylation is 1. The minimum atomic E-state index is 0.635. The van der Waals surface area contributed by atoms with Gasteiger partial charge in [0.05, 0.1) is 7.05 Å². The van der Waals surface area contributed by atoms with E-state index in [9.17, 15) is 0 Å². The van der Waals surface area contributed by atoms with Crippen LogP contribution in [0.15, 0.2) is 0 Å². The second-order valence-electron chi connectivity index (χ2n) is 5.36. The molecule has 1 aromatic heterocycles. The summed E-state index contributed by atoms with van der Waals surface area (Å²) in [5, 5.41) is 16.1. The summed E-state index contributed by atoms with van der Waals surface area (Å²) >= 11 is 0. The quantitative estimate of drug-likeness (QED) is 0.809. The summed E-state index contributed by atoms with van der Waals surface area (Å²) in [6, 6.07) is 0.635. The normalized spacial score (nSPS) is 25.0. The summed E-state index contributed by atoms with van der Waals surface area (Å²) < 4.78 is 0. The molecule has 0 amide bonds. The van der Waals surface area contributed by atoms with Gasteiger partial charge in [0, 0.05) is 12.5 Å². The van der Waals surface area contributed by atoms with Crippen LogP contribution in [0.1, 0.15) is 51.3 Å². The van der Waals surface area contributed by atoms with Crippen LogP contribution in [0.4, 0.5) is 0 Å². The van der Waals surface area contributed by atoms with E-state index in [-0.39, 0.29) is 0 Å². The lowest BCUT2D eigenvalue weighted by molar-refractivity contribution is 0.328. The van der Waals surface area contributed by atoms with Crippen LogP contribution in [0.3, 0.4) is 0 Å². The van der Waals surface area contributed by atoms with Crippen LogP contribution in [0, 0.1) is 5.92 Å². The first kappa shape index (κ1) is 13.5. The first-order valence-electron chi connectivity index (χ1n) is 7.26. The third kappa shape index (κ3) is 3.77. The molecule has 2 unspecified atom stereocenters. The fourth-order valence-electron chi connectivity index (χ4n) is 2.87. The summed E-state index contributed by atoms with van der Waals surface area (Å²) in [6.07, 6.45) is 8.82. The number of hydrogen-bond acceptors (Lipinski definition) is 4. The molecular formula is C13H25N5. The van der Waals surface area contributed by atoms with Crippen LogP contribution in [0.2, 0.25) is 0 Å². The zero-order valence-corrected chi connectivity index (χ0v) is 11.6. The third-order valence-corrected chi connectivity index (χ3v) is 3.81. The number of nitrogens with one attached hydrogen (secondary N) is 1. The molecule has 0 aromatic carbocycles. The molecule has 5 nitrogen and oxygen atoms in total. The Bertz CT molecular complexity index is 349. The molecule has 0 radical (unpaired) electrons. The lowest BCUT2D eigenvalue weighted by Gasteiger charge is -2.25. The predicted octanol–water partition coefficient (Wildman–Crippen LogP) is 1.70. The van der Waals surface area contributed by atoms with Crippen molar-refractivity contribution in [1.82, 2.24) is 25.5 Å². The second kappa shape index (κ2) is 6.83. The van der Waals surface area contributed by atoms with Crippen molar-refractivity contribution in [3.05, 3.63) is 5.82 Å². The molecule has 1 N–H and O–H groups in total. The van der Waals surface area contributed by atoms with Gasteiger partial charge in [0.2, 0.25) is 0 Å². The van der Waals surface area contributed by atoms with Crippen molar-refractivity contribution in [3.8, 4) is 0 Å². The van der Waals surface area contributed by atoms with Crippen molar-refractivity contribution in [2.75, 3.05) is 6.54 Å². The van der Waals surface area contributed by atoms with E-state index in [1.807, 2.05) is 7.05 Å².